The summed E-state index contributed by atoms with van der Waals surface area (Å²) >= 11 is 5.81. The SMILES string of the molecule is CCCC(C)NC(=O)c1cc([N+](=O)[O-])cc([N+](=O)[O-])c1Cl. The number of non-ortho nitro benzene ring substituents is 1. The molecule has 9 heteroatoms. The van der Waals surface area contributed by atoms with E-state index >= 15 is 0 Å². The Labute approximate surface area is 125 Å². The van der Waals surface area contributed by atoms with Gasteiger partial charge in [-0.2, -0.15) is 0 Å². The lowest BCUT2D eigenvalue weighted by atomic mass is 10.1. The van der Waals surface area contributed by atoms with Crippen molar-refractivity contribution in [2.45, 2.75) is 32.7 Å². The highest BCUT2D eigenvalue weighted by Crippen LogP contribution is 2.32. The first-order chi connectivity index (χ1) is 9.77. The predicted molar refractivity (Wildman–Crippen MR) is 76.6 cm³/mol. The van der Waals surface area contributed by atoms with Crippen molar-refractivity contribution >= 4 is 28.9 Å². The number of nitro benzene ring substituents is 2. The third-order valence-electron chi connectivity index (χ3n) is 2.79. The summed E-state index contributed by atoms with van der Waals surface area (Å²) in [6.45, 7) is 3.70. The van der Waals surface area contributed by atoms with E-state index in [0.29, 0.717) is 6.42 Å². The highest BCUT2D eigenvalue weighted by Gasteiger charge is 2.26. The van der Waals surface area contributed by atoms with Crippen LogP contribution in [0.1, 0.15) is 37.0 Å². The van der Waals surface area contributed by atoms with Gasteiger partial charge in [0.05, 0.1) is 21.5 Å². The Bertz CT molecular complexity index is 591. The van der Waals surface area contributed by atoms with E-state index < -0.39 is 32.2 Å². The molecule has 1 amide bonds. The molecule has 1 atom stereocenters. The highest BCUT2D eigenvalue weighted by molar-refractivity contribution is 6.36. The van der Waals surface area contributed by atoms with Crippen molar-refractivity contribution in [2.75, 3.05) is 0 Å². The Morgan fingerprint density at radius 1 is 1.33 bits per heavy atom. The van der Waals surface area contributed by atoms with Crippen molar-refractivity contribution < 1.29 is 14.6 Å². The zero-order valence-corrected chi connectivity index (χ0v) is 12.2. The van der Waals surface area contributed by atoms with Crippen LogP contribution in [-0.4, -0.2) is 21.8 Å². The lowest BCUT2D eigenvalue weighted by Gasteiger charge is -2.13. The molecule has 0 aromatic heterocycles. The van der Waals surface area contributed by atoms with Crippen LogP contribution in [-0.2, 0) is 0 Å². The zero-order chi connectivity index (χ0) is 16.2. The number of nitrogens with one attached hydrogen (secondary N) is 1. The van der Waals surface area contributed by atoms with Gasteiger partial charge in [-0.05, 0) is 13.3 Å². The molecule has 0 saturated heterocycles. The van der Waals surface area contributed by atoms with Crippen molar-refractivity contribution in [3.05, 3.63) is 42.9 Å². The molecule has 8 nitrogen and oxygen atoms in total. The van der Waals surface area contributed by atoms with Gasteiger partial charge < -0.3 is 5.32 Å². The van der Waals surface area contributed by atoms with E-state index in [-0.39, 0.29) is 11.6 Å². The summed E-state index contributed by atoms with van der Waals surface area (Å²) < 4.78 is 0. The third kappa shape index (κ3) is 4.12. The second-order valence-electron chi connectivity index (χ2n) is 4.50. The van der Waals surface area contributed by atoms with Crippen LogP contribution in [0.5, 0.6) is 0 Å². The summed E-state index contributed by atoms with van der Waals surface area (Å²) in [5.74, 6) is -0.673. The van der Waals surface area contributed by atoms with E-state index in [1.54, 1.807) is 6.92 Å². The molecule has 1 aromatic rings. The second-order valence-corrected chi connectivity index (χ2v) is 4.88. The minimum absolute atomic E-state index is 0.170. The molecule has 1 aromatic carbocycles. The average molecular weight is 316 g/mol. The molecule has 1 N–H and O–H groups in total. The van der Waals surface area contributed by atoms with E-state index in [9.17, 15) is 25.0 Å². The maximum atomic E-state index is 12.1. The molecule has 1 unspecified atom stereocenters. The maximum Gasteiger partial charge on any atom is 0.295 e. The van der Waals surface area contributed by atoms with Crippen LogP contribution in [0.3, 0.4) is 0 Å². The van der Waals surface area contributed by atoms with Crippen LogP contribution in [0.4, 0.5) is 11.4 Å². The number of hydrogen-bond acceptors (Lipinski definition) is 5. The number of carbonyl (C=O) groups is 1. The number of nitro groups is 2. The first-order valence-corrected chi connectivity index (χ1v) is 6.58. The molecule has 0 heterocycles. The molecular weight excluding hydrogens is 302 g/mol. The van der Waals surface area contributed by atoms with Gasteiger partial charge >= 0.3 is 0 Å². The maximum absolute atomic E-state index is 12.1. The van der Waals surface area contributed by atoms with Crippen LogP contribution in [0.15, 0.2) is 12.1 Å². The van der Waals surface area contributed by atoms with Crippen LogP contribution >= 0.6 is 11.6 Å². The lowest BCUT2D eigenvalue weighted by molar-refractivity contribution is -0.394. The second kappa shape index (κ2) is 6.98. The van der Waals surface area contributed by atoms with Crippen molar-refractivity contribution in [1.82, 2.24) is 5.32 Å². The van der Waals surface area contributed by atoms with Gasteiger partial charge in [0.2, 0.25) is 0 Å². The van der Waals surface area contributed by atoms with Crippen molar-refractivity contribution in [2.24, 2.45) is 0 Å². The molecule has 114 valence electrons. The topological polar surface area (TPSA) is 115 Å². The van der Waals surface area contributed by atoms with E-state index in [0.717, 1.165) is 18.6 Å². The van der Waals surface area contributed by atoms with Crippen molar-refractivity contribution in [1.29, 1.82) is 0 Å². The monoisotopic (exact) mass is 315 g/mol. The Morgan fingerprint density at radius 3 is 2.43 bits per heavy atom. The summed E-state index contributed by atoms with van der Waals surface area (Å²) in [5.41, 5.74) is -1.50. The fraction of sp³-hybridized carbons (Fsp3) is 0.417. The molecule has 21 heavy (non-hydrogen) atoms. The van der Waals surface area contributed by atoms with Gasteiger partial charge in [-0.3, -0.25) is 25.0 Å². The fourth-order valence-electron chi connectivity index (χ4n) is 1.80. The smallest absolute Gasteiger partial charge is 0.295 e. The van der Waals surface area contributed by atoms with Crippen LogP contribution in [0, 0.1) is 20.2 Å². The van der Waals surface area contributed by atoms with Gasteiger partial charge in [0.15, 0.2) is 0 Å². The van der Waals surface area contributed by atoms with Gasteiger partial charge in [0.25, 0.3) is 17.3 Å². The number of hydrogen-bond donors (Lipinski definition) is 1. The van der Waals surface area contributed by atoms with Gasteiger partial charge in [-0.15, -0.1) is 0 Å². The minimum atomic E-state index is -0.860. The number of nitrogens with zero attached hydrogens (tertiary/aromatic N) is 2. The summed E-state index contributed by atoms with van der Waals surface area (Å²) in [5, 5.41) is 23.8. The zero-order valence-electron chi connectivity index (χ0n) is 11.5. The van der Waals surface area contributed by atoms with Crippen LogP contribution in [0.25, 0.3) is 0 Å². The first kappa shape index (κ1) is 16.8. The molecule has 0 aliphatic heterocycles. The van der Waals surface area contributed by atoms with E-state index in [1.165, 1.54) is 0 Å². The number of benzene rings is 1. The molecule has 0 radical (unpaired) electrons. The Hall–Kier alpha value is -2.22. The Kier molecular flexibility index (Phi) is 5.60. The lowest BCUT2D eigenvalue weighted by Crippen LogP contribution is -2.32. The number of rotatable bonds is 6. The van der Waals surface area contributed by atoms with E-state index in [2.05, 4.69) is 5.32 Å². The third-order valence-corrected chi connectivity index (χ3v) is 3.19. The summed E-state index contributed by atoms with van der Waals surface area (Å²) in [7, 11) is 0. The molecule has 1 rings (SSSR count). The van der Waals surface area contributed by atoms with Crippen LogP contribution in [0.2, 0.25) is 5.02 Å². The average Bonchev–Trinajstić information content (AvgIpc) is 2.38. The summed E-state index contributed by atoms with van der Waals surface area (Å²) in [6.07, 6.45) is 1.55. The number of amides is 1. The molecule has 0 spiro atoms. The molecule has 0 fully saturated rings. The molecule has 0 bridgehead atoms. The first-order valence-electron chi connectivity index (χ1n) is 6.21. The molecule has 0 aliphatic rings. The van der Waals surface area contributed by atoms with Crippen molar-refractivity contribution in [3.8, 4) is 0 Å². The normalized spacial score (nSPS) is 11.8. The fourth-order valence-corrected chi connectivity index (χ4v) is 2.07. The highest BCUT2D eigenvalue weighted by atomic mass is 35.5. The number of halogens is 1. The van der Waals surface area contributed by atoms with Gasteiger partial charge in [-0.25, -0.2) is 0 Å². The standard InChI is InChI=1S/C12H14ClN3O5/c1-3-4-7(2)14-12(17)9-5-8(15(18)19)6-10(11(9)13)16(20)21/h5-7H,3-4H2,1-2H3,(H,14,17). The van der Waals surface area contributed by atoms with E-state index in [4.69, 9.17) is 11.6 Å². The van der Waals surface area contributed by atoms with Gasteiger partial charge in [0, 0.05) is 12.1 Å². The van der Waals surface area contributed by atoms with Gasteiger partial charge in [-0.1, -0.05) is 24.9 Å². The quantitative estimate of drug-likeness (QED) is 0.639. The predicted octanol–water partition coefficient (Wildman–Crippen LogP) is 3.07. The summed E-state index contributed by atoms with van der Waals surface area (Å²) in [6, 6.07) is 1.50. The largest absolute Gasteiger partial charge is 0.350 e. The number of carbonyl (C=O) groups excluding carboxylic acids is 1. The molecule has 0 aliphatic carbocycles. The Morgan fingerprint density at radius 2 is 1.95 bits per heavy atom. The van der Waals surface area contributed by atoms with Gasteiger partial charge in [0.1, 0.15) is 5.02 Å². The molecular formula is C12H14ClN3O5. The van der Waals surface area contributed by atoms with E-state index in [1.807, 2.05) is 6.92 Å². The molecule has 0 saturated carbocycles. The minimum Gasteiger partial charge on any atom is -0.350 e. The Balaban J connectivity index is 3.24. The summed E-state index contributed by atoms with van der Waals surface area (Å²) in [4.78, 5) is 32.0. The van der Waals surface area contributed by atoms with Crippen LogP contribution < -0.4 is 5.32 Å². The van der Waals surface area contributed by atoms with Crippen molar-refractivity contribution in [3.63, 3.8) is 0 Å².